The average molecular weight is 620 g/mol. The van der Waals surface area contributed by atoms with Crippen molar-refractivity contribution in [3.8, 4) is 22.9 Å². The molecule has 0 aliphatic carbocycles. The molecule has 14 heteroatoms. The highest BCUT2D eigenvalue weighted by atomic mass is 16.6. The summed E-state index contributed by atoms with van der Waals surface area (Å²) in [6.45, 7) is 7.55. The number of likely N-dealkylation sites (N-methyl/N-ethyl adjacent to an activating group) is 1. The number of amides is 3. The molecule has 1 fully saturated rings. The number of cyclic esters (lactones) is 1. The van der Waals surface area contributed by atoms with Gasteiger partial charge in [0, 0.05) is 19.2 Å². The number of benzene rings is 1. The first kappa shape index (κ1) is 31.4. The van der Waals surface area contributed by atoms with Gasteiger partial charge >= 0.3 is 12.2 Å². The summed E-state index contributed by atoms with van der Waals surface area (Å²) in [5.74, 6) is 1.21. The molecular weight excluding hydrogens is 582 g/mol. The van der Waals surface area contributed by atoms with Crippen molar-refractivity contribution in [3.05, 3.63) is 54.4 Å². The van der Waals surface area contributed by atoms with Gasteiger partial charge in [0.05, 0.1) is 31.2 Å². The smallest absolute Gasteiger partial charge is 0.415 e. The monoisotopic (exact) mass is 619 g/mol. The first-order chi connectivity index (χ1) is 21.5. The first-order valence-electron chi connectivity index (χ1n) is 14.6. The van der Waals surface area contributed by atoms with Crippen molar-refractivity contribution in [2.75, 3.05) is 50.1 Å². The molecule has 3 aromatic rings. The van der Waals surface area contributed by atoms with Crippen LogP contribution in [0.15, 0.2) is 48.8 Å². The third kappa shape index (κ3) is 8.56. The molecule has 1 saturated heterocycles. The highest BCUT2D eigenvalue weighted by molar-refractivity contribution is 5.95. The number of pyridine rings is 1. The van der Waals surface area contributed by atoms with Crippen LogP contribution < -0.4 is 25.0 Å². The van der Waals surface area contributed by atoms with Crippen LogP contribution in [0.25, 0.3) is 11.3 Å². The lowest BCUT2D eigenvalue weighted by Crippen LogP contribution is -2.36. The van der Waals surface area contributed by atoms with E-state index < -0.39 is 17.8 Å². The van der Waals surface area contributed by atoms with Crippen molar-refractivity contribution in [1.29, 1.82) is 0 Å². The molecule has 4 heterocycles. The Morgan fingerprint density at radius 3 is 2.84 bits per heavy atom. The Balaban J connectivity index is 1.07. The highest BCUT2D eigenvalue weighted by Crippen LogP contribution is 2.30. The largest absolute Gasteiger partial charge is 0.480 e. The number of aromatic nitrogens is 3. The molecule has 2 aliphatic rings. The van der Waals surface area contributed by atoms with Crippen LogP contribution in [0.5, 0.6) is 11.6 Å². The zero-order valence-electron chi connectivity index (χ0n) is 25.7. The van der Waals surface area contributed by atoms with Crippen molar-refractivity contribution in [2.24, 2.45) is 0 Å². The van der Waals surface area contributed by atoms with Crippen molar-refractivity contribution in [3.63, 3.8) is 0 Å². The van der Waals surface area contributed by atoms with E-state index in [1.807, 2.05) is 45.0 Å². The van der Waals surface area contributed by atoms with Crippen molar-refractivity contribution < 1.29 is 33.3 Å². The molecule has 0 spiro atoms. The summed E-state index contributed by atoms with van der Waals surface area (Å²) in [6, 6.07) is 11.3. The van der Waals surface area contributed by atoms with Gasteiger partial charge in [-0.1, -0.05) is 18.2 Å². The molecule has 0 unspecified atom stereocenters. The van der Waals surface area contributed by atoms with E-state index in [1.54, 1.807) is 25.4 Å². The Morgan fingerprint density at radius 1 is 1.18 bits per heavy atom. The van der Waals surface area contributed by atoms with Gasteiger partial charge in [0.25, 0.3) is 5.91 Å². The summed E-state index contributed by atoms with van der Waals surface area (Å²) in [5, 5.41) is 6.05. The minimum Gasteiger partial charge on any atom is -0.480 e. The number of carbonyl (C=O) groups is 3. The maximum absolute atomic E-state index is 12.5. The molecule has 1 aromatic carbocycles. The molecule has 0 saturated carbocycles. The van der Waals surface area contributed by atoms with E-state index in [1.165, 1.54) is 16.0 Å². The molecule has 5 rings (SSSR count). The third-order valence-electron chi connectivity index (χ3n) is 6.80. The summed E-state index contributed by atoms with van der Waals surface area (Å²) in [4.78, 5) is 52.4. The fourth-order valence-electron chi connectivity index (χ4n) is 4.57. The lowest BCUT2D eigenvalue weighted by Gasteiger charge is -2.24. The standard InChI is InChI=1S/C31H37N7O7/c1-31(2,3)45-29(40)37(4)12-13-42-27-17-33-16-23(34-27)21-7-5-6-20(14-21)15-32-11-10-22-18-38(30(41)44-22)25-9-8-24-28(35-25)36-26(39)19-43-24/h5-9,14,16-17,22,32H,10-13,15,18-19H2,1-4H3,(H,35,36,39)/t22-/m0/s1. The van der Waals surface area contributed by atoms with Crippen LogP contribution in [0.1, 0.15) is 32.8 Å². The first-order valence-corrected chi connectivity index (χ1v) is 14.6. The normalized spacial score (nSPS) is 15.9. The van der Waals surface area contributed by atoms with E-state index in [0.717, 1.165) is 11.1 Å². The Kier molecular flexibility index (Phi) is 9.62. The highest BCUT2D eigenvalue weighted by Gasteiger charge is 2.33. The Hall–Kier alpha value is -4.98. The van der Waals surface area contributed by atoms with Gasteiger partial charge in [-0.25, -0.2) is 19.6 Å². The zero-order chi connectivity index (χ0) is 32.0. The van der Waals surface area contributed by atoms with Crippen molar-refractivity contribution in [2.45, 2.75) is 45.4 Å². The number of ether oxygens (including phenoxy) is 4. The van der Waals surface area contributed by atoms with E-state index in [-0.39, 0.29) is 31.0 Å². The molecule has 2 aliphatic heterocycles. The maximum Gasteiger partial charge on any atom is 0.415 e. The predicted molar refractivity (Wildman–Crippen MR) is 164 cm³/mol. The van der Waals surface area contributed by atoms with Gasteiger partial charge in [-0.05, 0) is 57.5 Å². The van der Waals surface area contributed by atoms with Gasteiger partial charge in [-0.15, -0.1) is 0 Å². The van der Waals surface area contributed by atoms with Gasteiger partial charge in [0.2, 0.25) is 5.88 Å². The van der Waals surface area contributed by atoms with E-state index in [9.17, 15) is 14.4 Å². The molecular formula is C31H37N7O7. The maximum atomic E-state index is 12.5. The number of hydrogen-bond donors (Lipinski definition) is 2. The molecule has 1 atom stereocenters. The van der Waals surface area contributed by atoms with Gasteiger partial charge in [-0.2, -0.15) is 0 Å². The van der Waals surface area contributed by atoms with Gasteiger partial charge < -0.3 is 34.5 Å². The second-order valence-corrected chi connectivity index (χ2v) is 11.6. The Bertz CT molecular complexity index is 1540. The van der Waals surface area contributed by atoms with Crippen molar-refractivity contribution in [1.82, 2.24) is 25.2 Å². The molecule has 238 valence electrons. The van der Waals surface area contributed by atoms with Gasteiger partial charge in [0.1, 0.15) is 24.1 Å². The lowest BCUT2D eigenvalue weighted by molar-refractivity contribution is -0.118. The number of hydrogen-bond acceptors (Lipinski definition) is 11. The van der Waals surface area contributed by atoms with Crippen LogP contribution in [0, 0.1) is 0 Å². The molecule has 45 heavy (non-hydrogen) atoms. The minimum absolute atomic E-state index is 0.0620. The van der Waals surface area contributed by atoms with E-state index in [2.05, 4.69) is 25.6 Å². The number of rotatable bonds is 11. The molecule has 3 amide bonds. The number of nitrogens with zero attached hydrogens (tertiary/aromatic N) is 5. The van der Waals surface area contributed by atoms with Crippen LogP contribution in [-0.4, -0.2) is 89.5 Å². The topological polar surface area (TPSA) is 157 Å². The lowest BCUT2D eigenvalue weighted by atomic mass is 10.1. The van der Waals surface area contributed by atoms with Crippen LogP contribution >= 0.6 is 0 Å². The molecule has 14 nitrogen and oxygen atoms in total. The second kappa shape index (κ2) is 13.8. The van der Waals surface area contributed by atoms with Crippen LogP contribution in [0.3, 0.4) is 0 Å². The number of carbonyl (C=O) groups excluding carboxylic acids is 3. The number of anilines is 2. The summed E-state index contributed by atoms with van der Waals surface area (Å²) in [6.07, 6.45) is 2.62. The second-order valence-electron chi connectivity index (χ2n) is 11.6. The quantitative estimate of drug-likeness (QED) is 0.302. The fraction of sp³-hybridized carbons (Fsp3) is 0.419. The Labute approximate surface area is 261 Å². The van der Waals surface area contributed by atoms with Crippen LogP contribution in [-0.2, 0) is 20.8 Å². The predicted octanol–water partition coefficient (Wildman–Crippen LogP) is 3.62. The van der Waals surface area contributed by atoms with E-state index >= 15 is 0 Å². The SMILES string of the molecule is CN(CCOc1cncc(-c2cccc(CNCC[C@H]3CN(c4ccc5c(n4)NC(=O)CO5)C(=O)O3)c2)n1)C(=O)OC(C)(C)C. The number of fused-ring (bicyclic) bond motifs is 1. The van der Waals surface area contributed by atoms with Crippen molar-refractivity contribution >= 4 is 29.7 Å². The fourth-order valence-corrected chi connectivity index (χ4v) is 4.57. The van der Waals surface area contributed by atoms with Gasteiger partial charge in [-0.3, -0.25) is 14.7 Å². The van der Waals surface area contributed by atoms with Gasteiger partial charge in [0.15, 0.2) is 18.2 Å². The number of nitrogens with one attached hydrogen (secondary N) is 2. The minimum atomic E-state index is -0.566. The average Bonchev–Trinajstić information content (AvgIpc) is 3.38. The summed E-state index contributed by atoms with van der Waals surface area (Å²) in [7, 11) is 1.65. The third-order valence-corrected chi connectivity index (χ3v) is 6.80. The molecule has 0 bridgehead atoms. The summed E-state index contributed by atoms with van der Waals surface area (Å²) >= 11 is 0. The summed E-state index contributed by atoms with van der Waals surface area (Å²) < 4.78 is 22.0. The van der Waals surface area contributed by atoms with E-state index in [0.29, 0.717) is 55.7 Å². The van der Waals surface area contributed by atoms with Crippen LogP contribution in [0.2, 0.25) is 0 Å². The Morgan fingerprint density at radius 2 is 2.02 bits per heavy atom. The molecule has 0 radical (unpaired) electrons. The summed E-state index contributed by atoms with van der Waals surface area (Å²) in [5.41, 5.74) is 2.03. The zero-order valence-corrected chi connectivity index (χ0v) is 25.7. The van der Waals surface area contributed by atoms with E-state index in [4.69, 9.17) is 18.9 Å². The van der Waals surface area contributed by atoms with Crippen LogP contribution in [0.4, 0.5) is 21.2 Å². The molecule has 2 N–H and O–H groups in total. The molecule has 2 aromatic heterocycles.